The highest BCUT2D eigenvalue weighted by Crippen LogP contribution is 2.41. The second-order valence-corrected chi connectivity index (χ2v) is 7.06. The van der Waals surface area contributed by atoms with Gasteiger partial charge < -0.3 is 10.1 Å². The highest BCUT2D eigenvalue weighted by molar-refractivity contribution is 6.33. The number of hydrogen-bond donors (Lipinski definition) is 1. The number of halogens is 1. The zero-order valence-electron chi connectivity index (χ0n) is 15.9. The molecule has 0 saturated heterocycles. The molecule has 0 atom stereocenters. The molecule has 0 radical (unpaired) electrons. The van der Waals surface area contributed by atoms with Crippen molar-refractivity contribution in [2.45, 2.75) is 19.3 Å². The van der Waals surface area contributed by atoms with Gasteiger partial charge in [0.1, 0.15) is 5.75 Å². The molecule has 7 heteroatoms. The average molecular weight is 414 g/mol. The van der Waals surface area contributed by atoms with Gasteiger partial charge in [-0.3, -0.25) is 0 Å². The maximum Gasteiger partial charge on any atom is 0.230 e. The van der Waals surface area contributed by atoms with E-state index in [0.29, 0.717) is 29.0 Å². The normalized spacial score (nSPS) is 13.4. The van der Waals surface area contributed by atoms with Gasteiger partial charge in [-0.25, -0.2) is 4.98 Å². The number of ether oxygens (including phenoxy) is 1. The lowest BCUT2D eigenvalue weighted by Crippen LogP contribution is -1.99. The highest BCUT2D eigenvalue weighted by atomic mass is 35.5. The van der Waals surface area contributed by atoms with E-state index in [9.17, 15) is 0 Å². The van der Waals surface area contributed by atoms with Crippen LogP contribution in [0.4, 0.5) is 11.6 Å². The van der Waals surface area contributed by atoms with Crippen molar-refractivity contribution in [1.29, 1.82) is 10.5 Å². The lowest BCUT2D eigenvalue weighted by Gasteiger charge is -2.11. The molecule has 0 amide bonds. The minimum absolute atomic E-state index is 0.362. The third kappa shape index (κ3) is 4.10. The summed E-state index contributed by atoms with van der Waals surface area (Å²) in [7, 11) is 0. The molecule has 0 bridgehead atoms. The van der Waals surface area contributed by atoms with Gasteiger partial charge in [0, 0.05) is 24.0 Å². The molecular weight excluding hydrogens is 398 g/mol. The Morgan fingerprint density at radius 3 is 2.70 bits per heavy atom. The average Bonchev–Trinajstić information content (AvgIpc) is 3.16. The third-order valence-corrected chi connectivity index (χ3v) is 5.19. The number of anilines is 2. The van der Waals surface area contributed by atoms with Gasteiger partial charge in [0.2, 0.25) is 11.8 Å². The van der Waals surface area contributed by atoms with Crippen molar-refractivity contribution in [1.82, 2.24) is 9.97 Å². The molecule has 2 aromatic carbocycles. The number of nitriles is 2. The molecule has 4 rings (SSSR count). The standard InChI is InChI=1S/C23H16ClN5O/c24-22-19-6-3-16(10-13-26)18(19)7-8-20(22)30-21-11-14-27-23(29-21)28-17-4-1-15(2-5-17)9-12-25/h1-2,4-5,7-8,10-11,14H,3,6,9H2,(H,27,28,29)/b16-10-. The van der Waals surface area contributed by atoms with E-state index in [1.54, 1.807) is 24.4 Å². The largest absolute Gasteiger partial charge is 0.437 e. The summed E-state index contributed by atoms with van der Waals surface area (Å²) in [5, 5.41) is 21.3. The van der Waals surface area contributed by atoms with E-state index < -0.39 is 0 Å². The maximum atomic E-state index is 8.92. The smallest absolute Gasteiger partial charge is 0.230 e. The fourth-order valence-electron chi connectivity index (χ4n) is 3.34. The summed E-state index contributed by atoms with van der Waals surface area (Å²) in [6.07, 6.45) is 5.11. The first-order valence-electron chi connectivity index (χ1n) is 9.32. The molecule has 0 saturated carbocycles. The van der Waals surface area contributed by atoms with Crippen LogP contribution in [0.25, 0.3) is 5.57 Å². The van der Waals surface area contributed by atoms with Crippen LogP contribution in [0, 0.1) is 22.7 Å². The number of hydrogen-bond acceptors (Lipinski definition) is 6. The van der Waals surface area contributed by atoms with Crippen LogP contribution < -0.4 is 10.1 Å². The lowest BCUT2D eigenvalue weighted by molar-refractivity contribution is 0.462. The molecule has 1 aromatic heterocycles. The Balaban J connectivity index is 1.52. The number of allylic oxidation sites excluding steroid dienone is 2. The summed E-state index contributed by atoms with van der Waals surface area (Å²) >= 11 is 6.56. The summed E-state index contributed by atoms with van der Waals surface area (Å²) in [5.74, 6) is 1.26. The minimum atomic E-state index is 0.362. The molecule has 1 aliphatic carbocycles. The van der Waals surface area contributed by atoms with Crippen LogP contribution in [0.5, 0.6) is 11.6 Å². The van der Waals surface area contributed by atoms with E-state index in [1.165, 1.54) is 0 Å². The molecule has 1 aliphatic rings. The molecular formula is C23H16ClN5O. The SMILES string of the molecule is N#C/C=C1/CCc2c1ccc(Oc1ccnc(Nc3ccc(CC#N)cc3)n1)c2Cl. The molecule has 0 spiro atoms. The monoisotopic (exact) mass is 413 g/mol. The predicted octanol–water partition coefficient (Wildman–Crippen LogP) is 5.59. The summed E-state index contributed by atoms with van der Waals surface area (Å²) < 4.78 is 5.92. The van der Waals surface area contributed by atoms with Crippen LogP contribution in [0.15, 0.2) is 54.7 Å². The van der Waals surface area contributed by atoms with Crippen molar-refractivity contribution in [2.75, 3.05) is 5.32 Å². The van der Waals surface area contributed by atoms with Crippen molar-refractivity contribution in [3.05, 3.63) is 76.5 Å². The lowest BCUT2D eigenvalue weighted by atomic mass is 10.1. The topological polar surface area (TPSA) is 94.6 Å². The number of aromatic nitrogens is 2. The van der Waals surface area contributed by atoms with Crippen molar-refractivity contribution < 1.29 is 4.74 Å². The minimum Gasteiger partial charge on any atom is -0.437 e. The molecule has 6 nitrogen and oxygen atoms in total. The second-order valence-electron chi connectivity index (χ2n) is 6.68. The Bertz CT molecular complexity index is 1210. The van der Waals surface area contributed by atoms with Gasteiger partial charge in [-0.2, -0.15) is 15.5 Å². The van der Waals surface area contributed by atoms with E-state index in [-0.39, 0.29) is 0 Å². The number of benzene rings is 2. The van der Waals surface area contributed by atoms with Crippen LogP contribution >= 0.6 is 11.6 Å². The molecule has 1 N–H and O–H groups in total. The second kappa shape index (κ2) is 8.65. The molecule has 0 unspecified atom stereocenters. The fraction of sp³-hybridized carbons (Fsp3) is 0.130. The summed E-state index contributed by atoms with van der Waals surface area (Å²) in [6.45, 7) is 0. The van der Waals surface area contributed by atoms with E-state index in [0.717, 1.165) is 40.8 Å². The predicted molar refractivity (Wildman–Crippen MR) is 115 cm³/mol. The number of rotatable bonds is 5. The molecule has 0 fully saturated rings. The van der Waals surface area contributed by atoms with Crippen LogP contribution in [0.1, 0.15) is 23.1 Å². The van der Waals surface area contributed by atoms with Gasteiger partial charge in [0.25, 0.3) is 0 Å². The van der Waals surface area contributed by atoms with Crippen LogP contribution in [-0.2, 0) is 12.8 Å². The molecule has 1 heterocycles. The van der Waals surface area contributed by atoms with Gasteiger partial charge in [0.05, 0.1) is 23.6 Å². The zero-order valence-corrected chi connectivity index (χ0v) is 16.6. The van der Waals surface area contributed by atoms with Crippen molar-refractivity contribution >= 4 is 28.8 Å². The first kappa shape index (κ1) is 19.4. The van der Waals surface area contributed by atoms with Gasteiger partial charge >= 0.3 is 0 Å². The Morgan fingerprint density at radius 2 is 1.93 bits per heavy atom. The van der Waals surface area contributed by atoms with Crippen molar-refractivity contribution in [2.24, 2.45) is 0 Å². The first-order chi connectivity index (χ1) is 14.7. The molecule has 3 aromatic rings. The molecule has 146 valence electrons. The quantitative estimate of drug-likeness (QED) is 0.548. The Kier molecular flexibility index (Phi) is 5.61. The Labute approximate surface area is 179 Å². The summed E-state index contributed by atoms with van der Waals surface area (Å²) in [4.78, 5) is 8.61. The fourth-order valence-corrected chi connectivity index (χ4v) is 3.64. The van der Waals surface area contributed by atoms with Crippen molar-refractivity contribution in [3.8, 4) is 23.8 Å². The Morgan fingerprint density at radius 1 is 1.10 bits per heavy atom. The van der Waals surface area contributed by atoms with Crippen LogP contribution in [-0.4, -0.2) is 9.97 Å². The van der Waals surface area contributed by atoms with Gasteiger partial charge in [-0.15, -0.1) is 0 Å². The number of fused-ring (bicyclic) bond motifs is 1. The van der Waals surface area contributed by atoms with E-state index in [1.807, 2.05) is 30.3 Å². The van der Waals surface area contributed by atoms with E-state index in [2.05, 4.69) is 27.4 Å². The van der Waals surface area contributed by atoms with Gasteiger partial charge in [-0.05, 0) is 53.3 Å². The van der Waals surface area contributed by atoms with Crippen LogP contribution in [0.3, 0.4) is 0 Å². The first-order valence-corrected chi connectivity index (χ1v) is 9.70. The summed E-state index contributed by atoms with van der Waals surface area (Å²) in [5.41, 5.74) is 4.73. The molecule has 30 heavy (non-hydrogen) atoms. The van der Waals surface area contributed by atoms with Gasteiger partial charge in [0.15, 0.2) is 0 Å². The van der Waals surface area contributed by atoms with Gasteiger partial charge in [-0.1, -0.05) is 29.8 Å². The van der Waals surface area contributed by atoms with E-state index >= 15 is 0 Å². The van der Waals surface area contributed by atoms with Crippen molar-refractivity contribution in [3.63, 3.8) is 0 Å². The molecule has 0 aliphatic heterocycles. The zero-order chi connectivity index (χ0) is 20.9. The van der Waals surface area contributed by atoms with Crippen LogP contribution in [0.2, 0.25) is 5.02 Å². The maximum absolute atomic E-state index is 8.92. The van der Waals surface area contributed by atoms with E-state index in [4.69, 9.17) is 26.9 Å². The number of nitrogens with one attached hydrogen (secondary N) is 1. The highest BCUT2D eigenvalue weighted by Gasteiger charge is 2.22. The Hall–Kier alpha value is -3.87. The summed E-state index contributed by atoms with van der Waals surface area (Å²) in [6, 6.07) is 17.1. The third-order valence-electron chi connectivity index (χ3n) is 4.77. The number of nitrogens with zero attached hydrogens (tertiary/aromatic N) is 4.